The molecular formula is C23H25ClFN3O3S. The molecule has 0 atom stereocenters. The van der Waals surface area contributed by atoms with Crippen molar-refractivity contribution in [2.45, 2.75) is 13.3 Å². The number of rotatable bonds is 8. The molecule has 0 radical (unpaired) electrons. The zero-order valence-corrected chi connectivity index (χ0v) is 19.4. The van der Waals surface area contributed by atoms with Gasteiger partial charge in [0.2, 0.25) is 0 Å². The highest BCUT2D eigenvalue weighted by Gasteiger charge is 2.24. The zero-order valence-electron chi connectivity index (χ0n) is 17.9. The number of para-hydroxylation sites is 1. The molecule has 0 aliphatic carbocycles. The number of nitrogens with zero attached hydrogens (tertiary/aromatic N) is 3. The number of benzene rings is 2. The van der Waals surface area contributed by atoms with Crippen molar-refractivity contribution < 1.29 is 18.7 Å². The fourth-order valence-corrected chi connectivity index (χ4v) is 4.92. The van der Waals surface area contributed by atoms with Gasteiger partial charge in [0.25, 0.3) is 5.91 Å². The first kappa shape index (κ1) is 22.9. The van der Waals surface area contributed by atoms with Gasteiger partial charge in [0.1, 0.15) is 17.1 Å². The van der Waals surface area contributed by atoms with Crippen LogP contribution >= 0.6 is 22.9 Å². The second-order valence-electron chi connectivity index (χ2n) is 7.42. The first-order chi connectivity index (χ1) is 15.6. The predicted octanol–water partition coefficient (Wildman–Crippen LogP) is 4.86. The summed E-state index contributed by atoms with van der Waals surface area (Å²) in [4.78, 5) is 22.2. The van der Waals surface area contributed by atoms with Crippen molar-refractivity contribution in [2.24, 2.45) is 0 Å². The number of anilines is 1. The zero-order chi connectivity index (χ0) is 22.5. The van der Waals surface area contributed by atoms with E-state index in [2.05, 4.69) is 4.90 Å². The molecular weight excluding hydrogens is 453 g/mol. The maximum absolute atomic E-state index is 13.6. The number of ether oxygens (including phenoxy) is 2. The molecule has 1 saturated heterocycles. The van der Waals surface area contributed by atoms with Crippen LogP contribution in [0.3, 0.4) is 0 Å². The van der Waals surface area contributed by atoms with Crippen LogP contribution in [0.4, 0.5) is 9.52 Å². The van der Waals surface area contributed by atoms with Crippen LogP contribution < -0.4 is 9.64 Å². The number of morpholine rings is 1. The average molecular weight is 478 g/mol. The molecule has 2 heterocycles. The lowest BCUT2D eigenvalue weighted by Gasteiger charge is -2.27. The van der Waals surface area contributed by atoms with Gasteiger partial charge in [0.15, 0.2) is 5.13 Å². The fraction of sp³-hybridized carbons (Fsp3) is 0.391. The molecule has 32 heavy (non-hydrogen) atoms. The van der Waals surface area contributed by atoms with Crippen LogP contribution in [0.25, 0.3) is 10.2 Å². The van der Waals surface area contributed by atoms with Crippen molar-refractivity contribution in [1.82, 2.24) is 9.88 Å². The van der Waals surface area contributed by atoms with Gasteiger partial charge >= 0.3 is 0 Å². The van der Waals surface area contributed by atoms with Gasteiger partial charge in [-0.05, 0) is 43.7 Å². The molecule has 1 aromatic heterocycles. The van der Waals surface area contributed by atoms with Crippen LogP contribution in [0.2, 0.25) is 5.02 Å². The molecule has 0 unspecified atom stereocenters. The van der Waals surface area contributed by atoms with Gasteiger partial charge in [-0.3, -0.25) is 14.6 Å². The molecule has 1 aliphatic rings. The highest BCUT2D eigenvalue weighted by Crippen LogP contribution is 2.35. The third-order valence-electron chi connectivity index (χ3n) is 5.27. The summed E-state index contributed by atoms with van der Waals surface area (Å²) in [5.41, 5.74) is 0.981. The van der Waals surface area contributed by atoms with E-state index in [9.17, 15) is 9.18 Å². The van der Waals surface area contributed by atoms with Gasteiger partial charge in [-0.1, -0.05) is 29.0 Å². The number of hydrogen-bond acceptors (Lipinski definition) is 6. The highest BCUT2D eigenvalue weighted by atomic mass is 35.5. The topological polar surface area (TPSA) is 54.9 Å². The summed E-state index contributed by atoms with van der Waals surface area (Å²) in [7, 11) is 0. The Labute approximate surface area is 195 Å². The Balaban J connectivity index is 1.62. The van der Waals surface area contributed by atoms with E-state index in [0.29, 0.717) is 24.0 Å². The van der Waals surface area contributed by atoms with Gasteiger partial charge in [-0.2, -0.15) is 0 Å². The molecule has 3 aromatic rings. The quantitative estimate of drug-likeness (QED) is 0.464. The lowest BCUT2D eigenvalue weighted by molar-refractivity contribution is 0.0376. The van der Waals surface area contributed by atoms with Crippen LogP contribution in [0, 0.1) is 5.82 Å². The summed E-state index contributed by atoms with van der Waals surface area (Å²) < 4.78 is 25.6. The summed E-state index contributed by atoms with van der Waals surface area (Å²) in [5.74, 6) is -0.0891. The normalized spacial score (nSPS) is 14.6. The molecule has 1 fully saturated rings. The molecule has 4 rings (SSSR count). The maximum atomic E-state index is 13.6. The van der Waals surface area contributed by atoms with E-state index in [1.54, 1.807) is 4.90 Å². The number of aromatic nitrogens is 1. The van der Waals surface area contributed by atoms with Crippen molar-refractivity contribution >= 4 is 44.2 Å². The fourth-order valence-electron chi connectivity index (χ4n) is 3.67. The van der Waals surface area contributed by atoms with Crippen molar-refractivity contribution in [3.63, 3.8) is 0 Å². The number of amides is 1. The molecule has 170 valence electrons. The summed E-state index contributed by atoms with van der Waals surface area (Å²) in [6.07, 6.45) is 0.763. The minimum Gasteiger partial charge on any atom is -0.492 e. The Morgan fingerprint density at radius 2 is 2.12 bits per heavy atom. The second-order valence-corrected chi connectivity index (χ2v) is 8.84. The van der Waals surface area contributed by atoms with E-state index in [1.165, 1.54) is 23.5 Å². The molecule has 2 aromatic carbocycles. The van der Waals surface area contributed by atoms with Crippen LogP contribution in [0.5, 0.6) is 5.75 Å². The molecule has 0 bridgehead atoms. The second kappa shape index (κ2) is 10.6. The van der Waals surface area contributed by atoms with Gasteiger partial charge in [0, 0.05) is 26.2 Å². The summed E-state index contributed by atoms with van der Waals surface area (Å²) >= 11 is 7.64. The van der Waals surface area contributed by atoms with Crippen molar-refractivity contribution in [1.29, 1.82) is 0 Å². The van der Waals surface area contributed by atoms with Crippen LogP contribution in [-0.2, 0) is 4.74 Å². The molecule has 9 heteroatoms. The smallest absolute Gasteiger partial charge is 0.261 e. The minimum atomic E-state index is -0.480. The SMILES string of the molecule is CCOc1cccc2sc(N(CCCN3CCOCC3)C(=O)c3ccc(F)cc3Cl)nc12. The highest BCUT2D eigenvalue weighted by molar-refractivity contribution is 7.22. The predicted molar refractivity (Wildman–Crippen MR) is 126 cm³/mol. The third kappa shape index (κ3) is 5.20. The van der Waals surface area contributed by atoms with Crippen LogP contribution in [-0.4, -0.2) is 61.8 Å². The summed E-state index contributed by atoms with van der Waals surface area (Å²) in [6, 6.07) is 9.57. The molecule has 0 spiro atoms. The Morgan fingerprint density at radius 1 is 1.31 bits per heavy atom. The van der Waals surface area contributed by atoms with E-state index >= 15 is 0 Å². The van der Waals surface area contributed by atoms with E-state index in [0.717, 1.165) is 55.6 Å². The molecule has 6 nitrogen and oxygen atoms in total. The molecule has 1 aliphatic heterocycles. The largest absolute Gasteiger partial charge is 0.492 e. The van der Waals surface area contributed by atoms with Crippen LogP contribution in [0.1, 0.15) is 23.7 Å². The van der Waals surface area contributed by atoms with Gasteiger partial charge in [-0.15, -0.1) is 0 Å². The number of thiazole rings is 1. The number of fused-ring (bicyclic) bond motifs is 1. The third-order valence-corrected chi connectivity index (χ3v) is 6.62. The van der Waals surface area contributed by atoms with E-state index in [-0.39, 0.29) is 16.5 Å². The molecule has 0 N–H and O–H groups in total. The van der Waals surface area contributed by atoms with E-state index in [4.69, 9.17) is 26.1 Å². The molecule has 0 saturated carbocycles. The number of carbonyl (C=O) groups is 1. The van der Waals surface area contributed by atoms with Crippen molar-refractivity contribution in [3.05, 3.63) is 52.8 Å². The Hall–Kier alpha value is -2.26. The maximum Gasteiger partial charge on any atom is 0.261 e. The lowest BCUT2D eigenvalue weighted by Crippen LogP contribution is -2.39. The summed E-state index contributed by atoms with van der Waals surface area (Å²) in [5, 5.41) is 0.656. The van der Waals surface area contributed by atoms with Crippen LogP contribution in [0.15, 0.2) is 36.4 Å². The Kier molecular flexibility index (Phi) is 7.57. The van der Waals surface area contributed by atoms with Gasteiger partial charge in [-0.25, -0.2) is 9.37 Å². The van der Waals surface area contributed by atoms with Crippen molar-refractivity contribution in [2.75, 3.05) is 50.9 Å². The first-order valence-electron chi connectivity index (χ1n) is 10.7. The Bertz CT molecular complexity index is 1090. The van der Waals surface area contributed by atoms with Gasteiger partial charge < -0.3 is 9.47 Å². The van der Waals surface area contributed by atoms with Crippen molar-refractivity contribution in [3.8, 4) is 5.75 Å². The van der Waals surface area contributed by atoms with E-state index in [1.807, 2.05) is 25.1 Å². The molecule has 1 amide bonds. The minimum absolute atomic E-state index is 0.0873. The first-order valence-corrected chi connectivity index (χ1v) is 11.9. The average Bonchev–Trinajstić information content (AvgIpc) is 3.22. The lowest BCUT2D eigenvalue weighted by atomic mass is 10.2. The Morgan fingerprint density at radius 3 is 2.88 bits per heavy atom. The number of hydrogen-bond donors (Lipinski definition) is 0. The summed E-state index contributed by atoms with van der Waals surface area (Å²) in [6.45, 7) is 6.99. The monoisotopic (exact) mass is 477 g/mol. The standard InChI is InChI=1S/C23H25ClFN3O3S/c1-2-31-19-5-3-6-20-21(19)26-23(32-20)28(10-4-9-27-11-13-30-14-12-27)22(29)17-8-7-16(25)15-18(17)24/h3,5-8,15H,2,4,9-14H2,1H3. The number of halogens is 2. The van der Waals surface area contributed by atoms with Gasteiger partial charge in [0.05, 0.1) is 35.1 Å². The van der Waals surface area contributed by atoms with E-state index < -0.39 is 5.82 Å². The number of carbonyl (C=O) groups excluding carboxylic acids is 1.